The summed E-state index contributed by atoms with van der Waals surface area (Å²) in [5, 5.41) is 0. The second-order valence-electron chi connectivity index (χ2n) is 2.07. The molecule has 0 amide bonds. The minimum atomic E-state index is -4.30. The smallest absolute Gasteiger partial charge is 0.166 e. The van der Waals surface area contributed by atoms with Crippen LogP contribution in [0.5, 0.6) is 0 Å². The zero-order valence-corrected chi connectivity index (χ0v) is 6.65. The van der Waals surface area contributed by atoms with Crippen molar-refractivity contribution in [2.24, 2.45) is 0 Å². The normalized spacial score (nSPS) is 13.4. The van der Waals surface area contributed by atoms with E-state index in [4.69, 9.17) is 6.42 Å². The zero-order valence-electron chi connectivity index (χ0n) is 6.65. The number of terminal acetylenes is 1. The third kappa shape index (κ3) is 3.87. The molecule has 3 heteroatoms. The Bertz CT molecular complexity index is 225. The maximum atomic E-state index is 12.0. The van der Waals surface area contributed by atoms with Crippen molar-refractivity contribution in [3.8, 4) is 12.3 Å². The molecule has 0 nitrogen and oxygen atoms in total. The van der Waals surface area contributed by atoms with Gasteiger partial charge >= 0.3 is 6.18 Å². The second-order valence-corrected chi connectivity index (χ2v) is 2.07. The summed E-state index contributed by atoms with van der Waals surface area (Å²) in [6.07, 6.45) is 3.84. The summed E-state index contributed by atoms with van der Waals surface area (Å²) >= 11 is 0. The van der Waals surface area contributed by atoms with Crippen LogP contribution in [-0.4, -0.2) is 6.18 Å². The molecule has 0 aliphatic rings. The quantitative estimate of drug-likeness (QED) is 0.445. The minimum absolute atomic E-state index is 0.000810. The Balaban J connectivity index is 4.57. The molecular formula is C9H9F3. The van der Waals surface area contributed by atoms with Crippen molar-refractivity contribution in [2.75, 3.05) is 0 Å². The van der Waals surface area contributed by atoms with Crippen LogP contribution in [0.3, 0.4) is 0 Å². The third-order valence-corrected chi connectivity index (χ3v) is 1.11. The molecule has 0 aromatic heterocycles. The van der Waals surface area contributed by atoms with E-state index < -0.39 is 11.7 Å². The topological polar surface area (TPSA) is 0 Å². The van der Waals surface area contributed by atoms with Crippen LogP contribution in [0, 0.1) is 12.3 Å². The summed E-state index contributed by atoms with van der Waals surface area (Å²) in [7, 11) is 0. The number of hydrogen-bond acceptors (Lipinski definition) is 0. The summed E-state index contributed by atoms with van der Waals surface area (Å²) in [6.45, 7) is 1.52. The van der Waals surface area contributed by atoms with Crippen molar-refractivity contribution in [2.45, 2.75) is 19.5 Å². The Morgan fingerprint density at radius 3 is 2.42 bits per heavy atom. The van der Waals surface area contributed by atoms with Gasteiger partial charge in [-0.25, -0.2) is 0 Å². The molecule has 0 saturated heterocycles. The Kier molecular flexibility index (Phi) is 4.20. The van der Waals surface area contributed by atoms with E-state index in [1.54, 1.807) is 0 Å². The van der Waals surface area contributed by atoms with E-state index in [-0.39, 0.29) is 6.42 Å². The summed E-state index contributed by atoms with van der Waals surface area (Å²) in [4.78, 5) is 0. The molecule has 12 heavy (non-hydrogen) atoms. The van der Waals surface area contributed by atoms with Gasteiger partial charge in [0.2, 0.25) is 0 Å². The fourth-order valence-electron chi connectivity index (χ4n) is 0.627. The van der Waals surface area contributed by atoms with Crippen LogP contribution in [0.1, 0.15) is 13.3 Å². The molecule has 0 aromatic carbocycles. The SMILES string of the molecule is C#CC/C=C(\C=C/C)C(F)(F)F. The van der Waals surface area contributed by atoms with Gasteiger partial charge in [-0.05, 0) is 6.92 Å². The lowest BCUT2D eigenvalue weighted by Crippen LogP contribution is -2.09. The van der Waals surface area contributed by atoms with Crippen molar-refractivity contribution < 1.29 is 13.2 Å². The van der Waals surface area contributed by atoms with Crippen molar-refractivity contribution in [1.29, 1.82) is 0 Å². The molecule has 0 N–H and O–H groups in total. The number of alkyl halides is 3. The summed E-state index contributed by atoms with van der Waals surface area (Å²) in [5.74, 6) is 2.12. The van der Waals surface area contributed by atoms with E-state index in [9.17, 15) is 13.2 Å². The summed E-state index contributed by atoms with van der Waals surface area (Å²) < 4.78 is 36.1. The predicted molar refractivity (Wildman–Crippen MR) is 42.4 cm³/mol. The molecule has 0 saturated carbocycles. The van der Waals surface area contributed by atoms with Crippen LogP contribution in [0.4, 0.5) is 13.2 Å². The monoisotopic (exact) mass is 174 g/mol. The van der Waals surface area contributed by atoms with E-state index >= 15 is 0 Å². The first-order valence-electron chi connectivity index (χ1n) is 3.36. The molecule has 0 rings (SSSR count). The molecule has 0 aliphatic heterocycles. The Labute approximate surface area is 69.8 Å². The summed E-state index contributed by atoms with van der Waals surface area (Å²) in [6, 6.07) is 0. The molecule has 0 spiro atoms. The van der Waals surface area contributed by atoms with Crippen molar-refractivity contribution in [3.05, 3.63) is 23.8 Å². The van der Waals surface area contributed by atoms with E-state index in [2.05, 4.69) is 5.92 Å². The Morgan fingerprint density at radius 1 is 1.50 bits per heavy atom. The number of rotatable bonds is 2. The van der Waals surface area contributed by atoms with Gasteiger partial charge in [-0.3, -0.25) is 0 Å². The molecule has 66 valence electrons. The Hall–Kier alpha value is -1.17. The van der Waals surface area contributed by atoms with E-state index in [1.165, 1.54) is 13.0 Å². The molecule has 0 aromatic rings. The summed E-state index contributed by atoms with van der Waals surface area (Å²) in [5.41, 5.74) is -0.692. The number of halogens is 3. The molecule has 0 unspecified atom stereocenters. The highest BCUT2D eigenvalue weighted by Gasteiger charge is 2.30. The second kappa shape index (κ2) is 4.66. The third-order valence-electron chi connectivity index (χ3n) is 1.11. The fraction of sp³-hybridized carbons (Fsp3) is 0.333. The van der Waals surface area contributed by atoms with Crippen LogP contribution < -0.4 is 0 Å². The lowest BCUT2D eigenvalue weighted by Gasteiger charge is -2.05. The predicted octanol–water partition coefficient (Wildman–Crippen LogP) is 3.07. The highest BCUT2D eigenvalue weighted by molar-refractivity contribution is 5.24. The first kappa shape index (κ1) is 10.8. The van der Waals surface area contributed by atoms with Crippen molar-refractivity contribution >= 4 is 0 Å². The molecule has 0 bridgehead atoms. The minimum Gasteiger partial charge on any atom is -0.166 e. The maximum absolute atomic E-state index is 12.0. The zero-order chi connectivity index (χ0) is 9.61. The highest BCUT2D eigenvalue weighted by Crippen LogP contribution is 2.26. The molecule has 0 aliphatic carbocycles. The van der Waals surface area contributed by atoms with Gasteiger partial charge in [0.25, 0.3) is 0 Å². The van der Waals surface area contributed by atoms with Gasteiger partial charge in [0.15, 0.2) is 0 Å². The molecule has 0 radical (unpaired) electrons. The van der Waals surface area contributed by atoms with E-state index in [0.29, 0.717) is 0 Å². The molecule has 0 fully saturated rings. The average Bonchev–Trinajstić information content (AvgIpc) is 1.95. The lowest BCUT2D eigenvalue weighted by atomic mass is 10.2. The van der Waals surface area contributed by atoms with Crippen LogP contribution in [0.15, 0.2) is 23.8 Å². The highest BCUT2D eigenvalue weighted by atomic mass is 19.4. The standard InChI is InChI=1S/C9H9F3/c1-3-5-7-8(6-4-2)9(10,11)12/h1,4,6-7H,5H2,2H3/b6-4-,8-7+. The number of allylic oxidation sites excluding steroid dienone is 4. The Morgan fingerprint density at radius 2 is 2.08 bits per heavy atom. The molecular weight excluding hydrogens is 165 g/mol. The van der Waals surface area contributed by atoms with Gasteiger partial charge in [0, 0.05) is 6.42 Å². The van der Waals surface area contributed by atoms with Gasteiger partial charge < -0.3 is 0 Å². The molecule has 0 atom stereocenters. The molecule has 0 heterocycles. The van der Waals surface area contributed by atoms with Gasteiger partial charge in [0.1, 0.15) is 0 Å². The maximum Gasteiger partial charge on any atom is 0.416 e. The first-order valence-corrected chi connectivity index (χ1v) is 3.36. The van der Waals surface area contributed by atoms with Gasteiger partial charge in [-0.15, -0.1) is 12.3 Å². The van der Waals surface area contributed by atoms with E-state index in [1.807, 2.05) is 0 Å². The van der Waals surface area contributed by atoms with E-state index in [0.717, 1.165) is 12.2 Å². The largest absolute Gasteiger partial charge is 0.416 e. The van der Waals surface area contributed by atoms with Gasteiger partial charge in [-0.1, -0.05) is 18.2 Å². The van der Waals surface area contributed by atoms with Crippen LogP contribution in [-0.2, 0) is 0 Å². The number of hydrogen-bond donors (Lipinski definition) is 0. The van der Waals surface area contributed by atoms with Gasteiger partial charge in [0.05, 0.1) is 5.57 Å². The fourth-order valence-corrected chi connectivity index (χ4v) is 0.627. The van der Waals surface area contributed by atoms with Crippen molar-refractivity contribution in [1.82, 2.24) is 0 Å². The van der Waals surface area contributed by atoms with Crippen LogP contribution in [0.2, 0.25) is 0 Å². The van der Waals surface area contributed by atoms with Crippen LogP contribution >= 0.6 is 0 Å². The first-order chi connectivity index (χ1) is 5.52. The lowest BCUT2D eigenvalue weighted by molar-refractivity contribution is -0.0883. The average molecular weight is 174 g/mol. The van der Waals surface area contributed by atoms with Crippen LogP contribution in [0.25, 0.3) is 0 Å². The van der Waals surface area contributed by atoms with Gasteiger partial charge in [-0.2, -0.15) is 13.2 Å². The van der Waals surface area contributed by atoms with Crippen molar-refractivity contribution in [3.63, 3.8) is 0 Å².